The summed E-state index contributed by atoms with van der Waals surface area (Å²) in [5, 5.41) is 0.706. The monoisotopic (exact) mass is 267 g/mol. The second-order valence-corrected chi connectivity index (χ2v) is 5.51. The molecule has 1 aromatic carbocycles. The largest absolute Gasteiger partial charge is 0.235 e. The molecule has 1 aliphatic carbocycles. The van der Waals surface area contributed by atoms with Crippen LogP contribution in [0, 0.1) is 0 Å². The third kappa shape index (κ3) is 2.28. The number of nitrogens with zero attached hydrogens (tertiary/aromatic N) is 1. The summed E-state index contributed by atoms with van der Waals surface area (Å²) in [6, 6.07) is 5.84. The second-order valence-electron chi connectivity index (χ2n) is 4.26. The average Bonchev–Trinajstić information content (AvgIpc) is 2.78. The van der Waals surface area contributed by atoms with Crippen LogP contribution in [0.15, 0.2) is 28.1 Å². The summed E-state index contributed by atoms with van der Waals surface area (Å²) in [7, 11) is 0. The van der Waals surface area contributed by atoms with Crippen molar-refractivity contribution in [2.45, 2.75) is 36.1 Å². The molecule has 1 aromatic rings. The van der Waals surface area contributed by atoms with E-state index in [1.165, 1.54) is 0 Å². The highest BCUT2D eigenvalue weighted by atomic mass is 35.5. The molecule has 90 valence electrons. The minimum atomic E-state index is -0.432. The number of hydrogen-bond acceptors (Lipinski definition) is 3. The van der Waals surface area contributed by atoms with Crippen molar-refractivity contribution >= 4 is 29.4 Å². The maximum Gasteiger partial charge on any atom is 0.235 e. The van der Waals surface area contributed by atoms with Crippen LogP contribution in [0.3, 0.4) is 0 Å². The summed E-state index contributed by atoms with van der Waals surface area (Å²) in [6.45, 7) is 0. The highest BCUT2D eigenvalue weighted by Gasteiger charge is 2.38. The number of benzene rings is 1. The standard InChI is InChI=1S/C13H14ClNOS/c1-17-11-6-4-5-10(14)12(11)13(15-9-16)7-2-3-8-13/h4-6H,2-3,7-8H2,1H3. The van der Waals surface area contributed by atoms with Gasteiger partial charge in [-0.3, -0.25) is 0 Å². The van der Waals surface area contributed by atoms with Crippen molar-refractivity contribution in [2.75, 3.05) is 6.26 Å². The van der Waals surface area contributed by atoms with Crippen molar-refractivity contribution in [1.82, 2.24) is 0 Å². The van der Waals surface area contributed by atoms with E-state index in [9.17, 15) is 4.79 Å². The molecular weight excluding hydrogens is 254 g/mol. The number of aliphatic imine (C=N–C) groups is 1. The Bertz CT molecular complexity index is 462. The van der Waals surface area contributed by atoms with Gasteiger partial charge in [0.25, 0.3) is 0 Å². The Kier molecular flexibility index (Phi) is 3.93. The van der Waals surface area contributed by atoms with Crippen LogP contribution in [0.5, 0.6) is 0 Å². The van der Waals surface area contributed by atoms with Gasteiger partial charge in [-0.15, -0.1) is 11.8 Å². The highest BCUT2D eigenvalue weighted by Crippen LogP contribution is 2.47. The molecule has 0 bridgehead atoms. The summed E-state index contributed by atoms with van der Waals surface area (Å²) in [5.74, 6) is 0. The zero-order chi connectivity index (χ0) is 12.3. The zero-order valence-electron chi connectivity index (χ0n) is 9.70. The molecule has 17 heavy (non-hydrogen) atoms. The maximum atomic E-state index is 10.7. The number of isocyanates is 1. The average molecular weight is 268 g/mol. The van der Waals surface area contributed by atoms with Crippen molar-refractivity contribution < 1.29 is 4.79 Å². The molecule has 0 atom stereocenters. The normalized spacial score (nSPS) is 17.8. The van der Waals surface area contributed by atoms with Crippen LogP contribution >= 0.6 is 23.4 Å². The molecule has 2 rings (SSSR count). The molecule has 1 fully saturated rings. The predicted octanol–water partition coefficient (Wildman–Crippen LogP) is 4.17. The molecule has 0 radical (unpaired) electrons. The van der Waals surface area contributed by atoms with E-state index in [0.29, 0.717) is 5.02 Å². The maximum absolute atomic E-state index is 10.7. The molecule has 1 saturated carbocycles. The van der Waals surface area contributed by atoms with Gasteiger partial charge in [0.15, 0.2) is 0 Å². The summed E-state index contributed by atoms with van der Waals surface area (Å²) in [5.41, 5.74) is 0.577. The Morgan fingerprint density at radius 1 is 1.41 bits per heavy atom. The lowest BCUT2D eigenvalue weighted by molar-refractivity contribution is 0.449. The summed E-state index contributed by atoms with van der Waals surface area (Å²) < 4.78 is 0. The lowest BCUT2D eigenvalue weighted by atomic mass is 9.89. The third-order valence-corrected chi connectivity index (χ3v) is 4.45. The molecule has 0 saturated heterocycles. The van der Waals surface area contributed by atoms with E-state index < -0.39 is 5.54 Å². The van der Waals surface area contributed by atoms with Gasteiger partial charge in [0.2, 0.25) is 6.08 Å². The highest BCUT2D eigenvalue weighted by molar-refractivity contribution is 7.98. The second kappa shape index (κ2) is 5.26. The fraction of sp³-hybridized carbons (Fsp3) is 0.462. The van der Waals surface area contributed by atoms with Crippen LogP contribution in [0.1, 0.15) is 31.2 Å². The van der Waals surface area contributed by atoms with E-state index in [0.717, 1.165) is 36.1 Å². The smallest absolute Gasteiger partial charge is 0.211 e. The van der Waals surface area contributed by atoms with E-state index in [4.69, 9.17) is 11.6 Å². The van der Waals surface area contributed by atoms with Crippen molar-refractivity contribution in [1.29, 1.82) is 0 Å². The van der Waals surface area contributed by atoms with Gasteiger partial charge >= 0.3 is 0 Å². The van der Waals surface area contributed by atoms with Crippen molar-refractivity contribution in [2.24, 2.45) is 4.99 Å². The first kappa shape index (κ1) is 12.7. The van der Waals surface area contributed by atoms with E-state index in [2.05, 4.69) is 4.99 Å². The molecule has 0 amide bonds. The minimum Gasteiger partial charge on any atom is -0.211 e. The van der Waals surface area contributed by atoms with Crippen LogP contribution in [0.25, 0.3) is 0 Å². The van der Waals surface area contributed by atoms with Gasteiger partial charge in [0.05, 0.1) is 0 Å². The fourth-order valence-corrected chi connectivity index (χ4v) is 3.72. The number of hydrogen-bond donors (Lipinski definition) is 0. The Morgan fingerprint density at radius 2 is 2.12 bits per heavy atom. The number of carbonyl (C=O) groups excluding carboxylic acids is 1. The topological polar surface area (TPSA) is 29.4 Å². The Labute approximate surface area is 110 Å². The zero-order valence-corrected chi connectivity index (χ0v) is 11.3. The molecule has 0 heterocycles. The predicted molar refractivity (Wildman–Crippen MR) is 71.5 cm³/mol. The Hall–Kier alpha value is -0.760. The van der Waals surface area contributed by atoms with Gasteiger partial charge in [-0.25, -0.2) is 4.79 Å². The summed E-state index contributed by atoms with van der Waals surface area (Å²) >= 11 is 7.96. The van der Waals surface area contributed by atoms with Crippen LogP contribution in [0.4, 0.5) is 0 Å². The van der Waals surface area contributed by atoms with Crippen molar-refractivity contribution in [3.63, 3.8) is 0 Å². The summed E-state index contributed by atoms with van der Waals surface area (Å²) in [6.07, 6.45) is 7.70. The first-order valence-electron chi connectivity index (χ1n) is 5.65. The van der Waals surface area contributed by atoms with Crippen LogP contribution in [0.2, 0.25) is 5.02 Å². The van der Waals surface area contributed by atoms with Crippen LogP contribution < -0.4 is 0 Å². The Balaban J connectivity index is 2.60. The number of thioether (sulfide) groups is 1. The molecule has 0 aromatic heterocycles. The quantitative estimate of drug-likeness (QED) is 0.467. The lowest BCUT2D eigenvalue weighted by Gasteiger charge is -2.26. The minimum absolute atomic E-state index is 0.432. The van der Waals surface area contributed by atoms with Gasteiger partial charge < -0.3 is 0 Å². The lowest BCUT2D eigenvalue weighted by Crippen LogP contribution is -2.20. The molecule has 0 aliphatic heterocycles. The Morgan fingerprint density at radius 3 is 2.71 bits per heavy atom. The van der Waals surface area contributed by atoms with E-state index in [1.54, 1.807) is 17.8 Å². The van der Waals surface area contributed by atoms with E-state index in [-0.39, 0.29) is 0 Å². The molecule has 4 heteroatoms. The summed E-state index contributed by atoms with van der Waals surface area (Å²) in [4.78, 5) is 15.9. The molecular formula is C13H14ClNOS. The van der Waals surface area contributed by atoms with Gasteiger partial charge in [0.1, 0.15) is 5.54 Å². The van der Waals surface area contributed by atoms with Gasteiger partial charge in [-0.05, 0) is 31.2 Å². The van der Waals surface area contributed by atoms with Gasteiger partial charge in [-0.1, -0.05) is 30.5 Å². The van der Waals surface area contributed by atoms with Gasteiger partial charge in [-0.2, -0.15) is 4.99 Å². The van der Waals surface area contributed by atoms with Crippen molar-refractivity contribution in [3.05, 3.63) is 28.8 Å². The van der Waals surface area contributed by atoms with Crippen LogP contribution in [-0.4, -0.2) is 12.3 Å². The molecule has 2 nitrogen and oxygen atoms in total. The number of halogens is 1. The van der Waals surface area contributed by atoms with E-state index >= 15 is 0 Å². The molecule has 0 spiro atoms. The fourth-order valence-electron chi connectivity index (χ4n) is 2.59. The third-order valence-electron chi connectivity index (χ3n) is 3.35. The number of rotatable bonds is 3. The molecule has 0 unspecified atom stereocenters. The molecule has 1 aliphatic rings. The van der Waals surface area contributed by atoms with Crippen LogP contribution in [-0.2, 0) is 10.3 Å². The van der Waals surface area contributed by atoms with Crippen molar-refractivity contribution in [3.8, 4) is 0 Å². The van der Waals surface area contributed by atoms with E-state index in [1.807, 2.05) is 24.5 Å². The first-order valence-corrected chi connectivity index (χ1v) is 7.26. The molecule has 0 N–H and O–H groups in total. The first-order chi connectivity index (χ1) is 8.23. The van der Waals surface area contributed by atoms with Gasteiger partial charge in [0, 0.05) is 15.5 Å². The SMILES string of the molecule is CSc1cccc(Cl)c1C1(N=C=O)CCCC1.